The van der Waals surface area contributed by atoms with Crippen molar-refractivity contribution in [2.24, 2.45) is 0 Å². The average molecular weight is 333 g/mol. The molecule has 0 aliphatic heterocycles. The van der Waals surface area contributed by atoms with E-state index in [4.69, 9.17) is 5.73 Å². The molecule has 0 unspecified atom stereocenters. The van der Waals surface area contributed by atoms with Crippen molar-refractivity contribution in [3.05, 3.63) is 58.1 Å². The van der Waals surface area contributed by atoms with Crippen molar-refractivity contribution in [1.82, 2.24) is 0 Å². The van der Waals surface area contributed by atoms with E-state index in [1.54, 1.807) is 0 Å². The number of nitrogen functional groups attached to an aromatic ring is 1. The molecule has 0 atom stereocenters. The third-order valence-corrected chi connectivity index (χ3v) is 3.53. The molecule has 0 aliphatic rings. The standard InChI is InChI=1S/C16H17BrN2O/c1-2-12-10-13(17)6-7-15(12)19-16(20)9-11-4-3-5-14(18)8-11/h3-8,10H,2,9,18H2,1H3,(H,19,20). The Kier molecular flexibility index (Phi) is 4.79. The number of hydrogen-bond donors (Lipinski definition) is 2. The summed E-state index contributed by atoms with van der Waals surface area (Å²) >= 11 is 3.44. The van der Waals surface area contributed by atoms with Crippen molar-refractivity contribution < 1.29 is 4.79 Å². The molecule has 0 saturated heterocycles. The van der Waals surface area contributed by atoms with Crippen LogP contribution in [0, 0.1) is 0 Å². The van der Waals surface area contributed by atoms with Gasteiger partial charge in [0.2, 0.25) is 5.91 Å². The number of carbonyl (C=O) groups excluding carboxylic acids is 1. The molecule has 0 fully saturated rings. The maximum Gasteiger partial charge on any atom is 0.228 e. The molecular formula is C16H17BrN2O. The number of aryl methyl sites for hydroxylation is 1. The lowest BCUT2D eigenvalue weighted by Gasteiger charge is -2.10. The minimum absolute atomic E-state index is 0.0346. The molecule has 0 radical (unpaired) electrons. The van der Waals surface area contributed by atoms with E-state index in [1.807, 2.05) is 42.5 Å². The summed E-state index contributed by atoms with van der Waals surface area (Å²) < 4.78 is 1.02. The van der Waals surface area contributed by atoms with Gasteiger partial charge in [-0.15, -0.1) is 0 Å². The maximum atomic E-state index is 12.1. The van der Waals surface area contributed by atoms with Crippen molar-refractivity contribution in [3.63, 3.8) is 0 Å². The summed E-state index contributed by atoms with van der Waals surface area (Å²) in [6.45, 7) is 2.06. The highest BCUT2D eigenvalue weighted by atomic mass is 79.9. The Labute approximate surface area is 127 Å². The fourth-order valence-electron chi connectivity index (χ4n) is 2.06. The van der Waals surface area contributed by atoms with Crippen LogP contribution in [0.15, 0.2) is 46.9 Å². The predicted molar refractivity (Wildman–Crippen MR) is 86.7 cm³/mol. The molecule has 0 aromatic heterocycles. The Hall–Kier alpha value is -1.81. The van der Waals surface area contributed by atoms with Crippen molar-refractivity contribution in [2.45, 2.75) is 19.8 Å². The van der Waals surface area contributed by atoms with Gasteiger partial charge in [-0.05, 0) is 47.9 Å². The first kappa shape index (κ1) is 14.6. The summed E-state index contributed by atoms with van der Waals surface area (Å²) in [4.78, 5) is 12.1. The first-order chi connectivity index (χ1) is 9.58. The average Bonchev–Trinajstić information content (AvgIpc) is 2.40. The normalized spacial score (nSPS) is 10.3. The van der Waals surface area contributed by atoms with E-state index in [9.17, 15) is 4.79 Å². The molecule has 2 rings (SSSR count). The fraction of sp³-hybridized carbons (Fsp3) is 0.188. The molecule has 1 amide bonds. The number of benzene rings is 2. The van der Waals surface area contributed by atoms with E-state index < -0.39 is 0 Å². The predicted octanol–water partition coefficient (Wildman–Crippen LogP) is 3.77. The van der Waals surface area contributed by atoms with Gasteiger partial charge in [0.1, 0.15) is 0 Å². The van der Waals surface area contributed by atoms with E-state index in [2.05, 4.69) is 28.2 Å². The molecule has 0 heterocycles. The Morgan fingerprint density at radius 1 is 1.25 bits per heavy atom. The fourth-order valence-corrected chi connectivity index (χ4v) is 2.47. The van der Waals surface area contributed by atoms with Crippen LogP contribution in [0.2, 0.25) is 0 Å². The van der Waals surface area contributed by atoms with Gasteiger partial charge in [-0.2, -0.15) is 0 Å². The third kappa shape index (κ3) is 3.84. The topological polar surface area (TPSA) is 55.1 Å². The van der Waals surface area contributed by atoms with Gasteiger partial charge in [0.15, 0.2) is 0 Å². The zero-order valence-corrected chi connectivity index (χ0v) is 12.9. The molecule has 3 nitrogen and oxygen atoms in total. The van der Waals surface area contributed by atoms with Crippen molar-refractivity contribution in [2.75, 3.05) is 11.1 Å². The Morgan fingerprint density at radius 2 is 2.05 bits per heavy atom. The van der Waals surface area contributed by atoms with Crippen LogP contribution in [0.5, 0.6) is 0 Å². The number of anilines is 2. The van der Waals surface area contributed by atoms with Gasteiger partial charge in [-0.3, -0.25) is 4.79 Å². The zero-order valence-electron chi connectivity index (χ0n) is 11.3. The van der Waals surface area contributed by atoms with Crippen LogP contribution >= 0.6 is 15.9 Å². The van der Waals surface area contributed by atoms with E-state index in [0.717, 1.165) is 27.7 Å². The lowest BCUT2D eigenvalue weighted by atomic mass is 10.1. The number of nitrogens with two attached hydrogens (primary N) is 1. The molecule has 0 spiro atoms. The van der Waals surface area contributed by atoms with Crippen LogP contribution in [0.4, 0.5) is 11.4 Å². The SMILES string of the molecule is CCc1cc(Br)ccc1NC(=O)Cc1cccc(N)c1. The van der Waals surface area contributed by atoms with Crippen LogP contribution in [0.1, 0.15) is 18.1 Å². The summed E-state index contributed by atoms with van der Waals surface area (Å²) in [6.07, 6.45) is 1.19. The van der Waals surface area contributed by atoms with Crippen LogP contribution in [0.25, 0.3) is 0 Å². The Morgan fingerprint density at radius 3 is 2.75 bits per heavy atom. The van der Waals surface area contributed by atoms with Gasteiger partial charge in [-0.1, -0.05) is 35.0 Å². The number of halogens is 1. The summed E-state index contributed by atoms with van der Waals surface area (Å²) in [5.74, 6) is -0.0346. The minimum Gasteiger partial charge on any atom is -0.399 e. The zero-order chi connectivity index (χ0) is 14.5. The van der Waals surface area contributed by atoms with Gasteiger partial charge in [0, 0.05) is 15.8 Å². The van der Waals surface area contributed by atoms with Crippen molar-refractivity contribution >= 4 is 33.2 Å². The first-order valence-corrected chi connectivity index (χ1v) is 7.30. The maximum absolute atomic E-state index is 12.1. The molecule has 20 heavy (non-hydrogen) atoms. The lowest BCUT2D eigenvalue weighted by Crippen LogP contribution is -2.15. The molecule has 0 bridgehead atoms. The quantitative estimate of drug-likeness (QED) is 0.837. The molecule has 4 heteroatoms. The molecule has 104 valence electrons. The van der Waals surface area contributed by atoms with Gasteiger partial charge in [0.25, 0.3) is 0 Å². The monoisotopic (exact) mass is 332 g/mol. The van der Waals surface area contributed by atoms with Crippen LogP contribution in [-0.2, 0) is 17.6 Å². The second-order valence-electron chi connectivity index (χ2n) is 4.63. The van der Waals surface area contributed by atoms with E-state index >= 15 is 0 Å². The van der Waals surface area contributed by atoms with Crippen molar-refractivity contribution in [1.29, 1.82) is 0 Å². The number of hydrogen-bond acceptors (Lipinski definition) is 2. The number of carbonyl (C=O) groups is 1. The van der Waals surface area contributed by atoms with Gasteiger partial charge in [-0.25, -0.2) is 0 Å². The summed E-state index contributed by atoms with van der Waals surface area (Å²) in [5, 5.41) is 2.96. The molecule has 0 aliphatic carbocycles. The third-order valence-electron chi connectivity index (χ3n) is 3.04. The highest BCUT2D eigenvalue weighted by Crippen LogP contribution is 2.21. The summed E-state index contributed by atoms with van der Waals surface area (Å²) in [5.41, 5.74) is 9.28. The largest absolute Gasteiger partial charge is 0.399 e. The number of rotatable bonds is 4. The summed E-state index contributed by atoms with van der Waals surface area (Å²) in [6, 6.07) is 13.3. The van der Waals surface area contributed by atoms with E-state index in [0.29, 0.717) is 12.1 Å². The highest BCUT2D eigenvalue weighted by molar-refractivity contribution is 9.10. The molecule has 2 aromatic carbocycles. The smallest absolute Gasteiger partial charge is 0.228 e. The second-order valence-corrected chi connectivity index (χ2v) is 5.54. The van der Waals surface area contributed by atoms with Gasteiger partial charge < -0.3 is 11.1 Å². The van der Waals surface area contributed by atoms with Crippen LogP contribution in [-0.4, -0.2) is 5.91 Å². The van der Waals surface area contributed by atoms with Crippen LogP contribution in [0.3, 0.4) is 0 Å². The molecule has 0 saturated carbocycles. The second kappa shape index (κ2) is 6.57. The van der Waals surface area contributed by atoms with Crippen molar-refractivity contribution in [3.8, 4) is 0 Å². The van der Waals surface area contributed by atoms with Gasteiger partial charge in [0.05, 0.1) is 6.42 Å². The number of amides is 1. The molecular weight excluding hydrogens is 316 g/mol. The van der Waals surface area contributed by atoms with E-state index in [-0.39, 0.29) is 5.91 Å². The molecule has 3 N–H and O–H groups in total. The highest BCUT2D eigenvalue weighted by Gasteiger charge is 2.07. The lowest BCUT2D eigenvalue weighted by molar-refractivity contribution is -0.115. The minimum atomic E-state index is -0.0346. The van der Waals surface area contributed by atoms with Crippen LogP contribution < -0.4 is 11.1 Å². The Bertz CT molecular complexity index is 626. The summed E-state index contributed by atoms with van der Waals surface area (Å²) in [7, 11) is 0. The number of nitrogens with one attached hydrogen (secondary N) is 1. The molecule has 2 aromatic rings. The Balaban J connectivity index is 2.08. The van der Waals surface area contributed by atoms with Gasteiger partial charge >= 0.3 is 0 Å². The first-order valence-electron chi connectivity index (χ1n) is 6.51. The van der Waals surface area contributed by atoms with E-state index in [1.165, 1.54) is 0 Å².